The number of hydrogen-bond acceptors (Lipinski definition) is 5. The lowest BCUT2D eigenvalue weighted by molar-refractivity contribution is 0.122. The summed E-state index contributed by atoms with van der Waals surface area (Å²) in [4.78, 5) is 0. The van der Waals surface area contributed by atoms with Crippen LogP contribution in [-0.2, 0) is 13.3 Å². The molecule has 0 aromatic rings. The first-order valence-electron chi connectivity index (χ1n) is 4.66. The van der Waals surface area contributed by atoms with Gasteiger partial charge in [-0.25, -0.2) is 0 Å². The third kappa shape index (κ3) is 4.49. The summed E-state index contributed by atoms with van der Waals surface area (Å²) in [6.45, 7) is 0.114. The molecule has 0 saturated heterocycles. The molecule has 0 fully saturated rings. The van der Waals surface area contributed by atoms with Crippen LogP contribution in [0.5, 0.6) is 0 Å². The highest BCUT2D eigenvalue weighted by molar-refractivity contribution is 6.60. The van der Waals surface area contributed by atoms with E-state index >= 15 is 0 Å². The van der Waals surface area contributed by atoms with Gasteiger partial charge < -0.3 is 24.1 Å². The normalized spacial score (nSPS) is 14.4. The SMILES string of the molecule is CO[Si](CCC(N)CCO)(OC)OC. The van der Waals surface area contributed by atoms with Crippen molar-refractivity contribution in [2.75, 3.05) is 27.9 Å². The Balaban J connectivity index is 3.92. The number of rotatable bonds is 8. The fourth-order valence-corrected chi connectivity index (χ4v) is 3.07. The Morgan fingerprint density at radius 2 is 1.64 bits per heavy atom. The molecule has 0 spiro atoms. The summed E-state index contributed by atoms with van der Waals surface area (Å²) in [5, 5.41) is 8.68. The molecule has 3 N–H and O–H groups in total. The lowest BCUT2D eigenvalue weighted by Gasteiger charge is -2.25. The molecule has 0 aliphatic carbocycles. The van der Waals surface area contributed by atoms with Crippen LogP contribution in [-0.4, -0.2) is 47.9 Å². The molecule has 0 aliphatic rings. The van der Waals surface area contributed by atoms with Crippen LogP contribution in [0, 0.1) is 0 Å². The van der Waals surface area contributed by atoms with Crippen molar-refractivity contribution >= 4 is 8.80 Å². The fourth-order valence-electron chi connectivity index (χ4n) is 1.23. The first-order chi connectivity index (χ1) is 6.64. The Bertz CT molecular complexity index is 135. The molecule has 0 bridgehead atoms. The third-order valence-corrected chi connectivity index (χ3v) is 5.02. The highest BCUT2D eigenvalue weighted by atomic mass is 28.4. The Labute approximate surface area is 86.5 Å². The van der Waals surface area contributed by atoms with Gasteiger partial charge in [-0.3, -0.25) is 0 Å². The fraction of sp³-hybridized carbons (Fsp3) is 1.00. The Hall–Kier alpha value is 0.0169. The van der Waals surface area contributed by atoms with Gasteiger partial charge in [0.05, 0.1) is 0 Å². The molecule has 0 heterocycles. The van der Waals surface area contributed by atoms with Gasteiger partial charge in [-0.2, -0.15) is 0 Å². The third-order valence-electron chi connectivity index (χ3n) is 2.25. The molecule has 5 nitrogen and oxygen atoms in total. The van der Waals surface area contributed by atoms with Crippen molar-refractivity contribution in [1.82, 2.24) is 0 Å². The van der Waals surface area contributed by atoms with Gasteiger partial charge >= 0.3 is 8.80 Å². The summed E-state index contributed by atoms with van der Waals surface area (Å²) in [5.74, 6) is 0. The van der Waals surface area contributed by atoms with E-state index < -0.39 is 8.80 Å². The maximum absolute atomic E-state index is 8.68. The second-order valence-electron chi connectivity index (χ2n) is 3.11. The standard InChI is InChI=1S/C8H21NO4Si/c1-11-14(12-2,13-3)7-5-8(9)4-6-10/h8,10H,4-7,9H2,1-3H3. The van der Waals surface area contributed by atoms with Gasteiger partial charge in [-0.1, -0.05) is 0 Å². The molecule has 86 valence electrons. The Kier molecular flexibility index (Phi) is 7.34. The van der Waals surface area contributed by atoms with Crippen LogP contribution in [0.2, 0.25) is 6.04 Å². The molecule has 0 radical (unpaired) electrons. The highest BCUT2D eigenvalue weighted by Crippen LogP contribution is 2.16. The molecule has 1 atom stereocenters. The van der Waals surface area contributed by atoms with Gasteiger partial charge in [0.15, 0.2) is 0 Å². The lowest BCUT2D eigenvalue weighted by Crippen LogP contribution is -2.43. The zero-order chi connectivity index (χ0) is 11.0. The average Bonchev–Trinajstić information content (AvgIpc) is 2.21. The predicted molar refractivity (Wildman–Crippen MR) is 55.9 cm³/mol. The minimum atomic E-state index is -2.47. The van der Waals surface area contributed by atoms with E-state index in [2.05, 4.69) is 0 Å². The monoisotopic (exact) mass is 223 g/mol. The minimum absolute atomic E-state index is 0.0210. The summed E-state index contributed by atoms with van der Waals surface area (Å²) in [5.41, 5.74) is 5.75. The number of hydrogen-bond donors (Lipinski definition) is 2. The first kappa shape index (κ1) is 14.0. The zero-order valence-electron chi connectivity index (χ0n) is 9.16. The molecular formula is C8H21NO4Si. The van der Waals surface area contributed by atoms with Crippen LogP contribution in [0.3, 0.4) is 0 Å². The topological polar surface area (TPSA) is 73.9 Å². The Morgan fingerprint density at radius 1 is 1.14 bits per heavy atom. The van der Waals surface area contributed by atoms with E-state index in [1.54, 1.807) is 21.3 Å². The molecule has 14 heavy (non-hydrogen) atoms. The van der Waals surface area contributed by atoms with E-state index in [9.17, 15) is 0 Å². The van der Waals surface area contributed by atoms with Crippen LogP contribution < -0.4 is 5.73 Å². The summed E-state index contributed by atoms with van der Waals surface area (Å²) >= 11 is 0. The number of nitrogens with two attached hydrogens (primary N) is 1. The van der Waals surface area contributed by atoms with E-state index in [-0.39, 0.29) is 12.6 Å². The van der Waals surface area contributed by atoms with Gasteiger partial charge in [-0.15, -0.1) is 0 Å². The predicted octanol–water partition coefficient (Wildman–Crippen LogP) is -0.0357. The number of aliphatic hydroxyl groups excluding tert-OH is 1. The minimum Gasteiger partial charge on any atom is -0.396 e. The lowest BCUT2D eigenvalue weighted by atomic mass is 10.2. The molecule has 6 heteroatoms. The van der Waals surface area contributed by atoms with Crippen LogP contribution in [0.4, 0.5) is 0 Å². The number of aliphatic hydroxyl groups is 1. The molecule has 0 aromatic heterocycles. The molecular weight excluding hydrogens is 202 g/mol. The smallest absolute Gasteiger partial charge is 0.396 e. The van der Waals surface area contributed by atoms with Gasteiger partial charge in [0.1, 0.15) is 0 Å². The van der Waals surface area contributed by atoms with Crippen LogP contribution in [0.15, 0.2) is 0 Å². The van der Waals surface area contributed by atoms with E-state index in [1.165, 1.54) is 0 Å². The molecule has 0 amide bonds. The first-order valence-corrected chi connectivity index (χ1v) is 6.59. The summed E-state index contributed by atoms with van der Waals surface area (Å²) in [6.07, 6.45) is 1.34. The van der Waals surface area contributed by atoms with Crippen molar-refractivity contribution in [2.24, 2.45) is 5.73 Å². The van der Waals surface area contributed by atoms with Crippen LogP contribution in [0.25, 0.3) is 0 Å². The van der Waals surface area contributed by atoms with E-state index in [0.717, 1.165) is 6.42 Å². The second kappa shape index (κ2) is 7.33. The van der Waals surface area contributed by atoms with Crippen molar-refractivity contribution in [3.05, 3.63) is 0 Å². The van der Waals surface area contributed by atoms with Crippen molar-refractivity contribution in [2.45, 2.75) is 24.9 Å². The van der Waals surface area contributed by atoms with Crippen molar-refractivity contribution in [1.29, 1.82) is 0 Å². The molecule has 1 unspecified atom stereocenters. The summed E-state index contributed by atoms with van der Waals surface area (Å²) in [7, 11) is 2.27. The van der Waals surface area contributed by atoms with E-state index in [4.69, 9.17) is 24.1 Å². The molecule has 0 aliphatic heterocycles. The van der Waals surface area contributed by atoms with Gasteiger partial charge in [0.2, 0.25) is 0 Å². The average molecular weight is 223 g/mol. The quantitative estimate of drug-likeness (QED) is 0.565. The summed E-state index contributed by atoms with van der Waals surface area (Å²) in [6, 6.07) is 0.657. The van der Waals surface area contributed by atoms with Crippen LogP contribution in [0.1, 0.15) is 12.8 Å². The second-order valence-corrected chi connectivity index (χ2v) is 6.20. The highest BCUT2D eigenvalue weighted by Gasteiger charge is 2.37. The molecule has 0 rings (SSSR count). The van der Waals surface area contributed by atoms with E-state index in [1.807, 2.05) is 0 Å². The molecule has 0 aromatic carbocycles. The van der Waals surface area contributed by atoms with Gasteiger partial charge in [0.25, 0.3) is 0 Å². The van der Waals surface area contributed by atoms with Crippen molar-refractivity contribution < 1.29 is 18.4 Å². The van der Waals surface area contributed by atoms with Crippen molar-refractivity contribution in [3.63, 3.8) is 0 Å². The summed E-state index contributed by atoms with van der Waals surface area (Å²) < 4.78 is 15.7. The largest absolute Gasteiger partial charge is 0.500 e. The maximum atomic E-state index is 8.68. The van der Waals surface area contributed by atoms with Crippen LogP contribution >= 0.6 is 0 Å². The Morgan fingerprint density at radius 3 is 2.00 bits per heavy atom. The van der Waals surface area contributed by atoms with Crippen molar-refractivity contribution in [3.8, 4) is 0 Å². The zero-order valence-corrected chi connectivity index (χ0v) is 10.2. The van der Waals surface area contributed by atoms with Gasteiger partial charge in [0, 0.05) is 40.0 Å². The van der Waals surface area contributed by atoms with Gasteiger partial charge in [-0.05, 0) is 12.8 Å². The maximum Gasteiger partial charge on any atom is 0.500 e. The van der Waals surface area contributed by atoms with E-state index in [0.29, 0.717) is 12.5 Å². The molecule has 0 saturated carbocycles.